The van der Waals surface area contributed by atoms with Crippen LogP contribution in [-0.2, 0) is 10.8 Å². The molecule has 2 fully saturated rings. The zero-order valence-corrected chi connectivity index (χ0v) is 32.5. The van der Waals surface area contributed by atoms with E-state index >= 15 is 0 Å². The monoisotopic (exact) mass is 776 g/mol. The molecule has 0 bridgehead atoms. The highest BCUT2D eigenvalue weighted by Gasteiger charge is 2.53. The summed E-state index contributed by atoms with van der Waals surface area (Å²) in [5, 5.41) is 0. The third kappa shape index (κ3) is 3.97. The molecule has 0 aliphatic heterocycles. The van der Waals surface area contributed by atoms with Crippen molar-refractivity contribution in [3.63, 3.8) is 0 Å². The third-order valence-electron chi connectivity index (χ3n) is 13.2. The van der Waals surface area contributed by atoms with Gasteiger partial charge in [0.15, 0.2) is 23.1 Å². The highest BCUT2D eigenvalue weighted by Crippen LogP contribution is 2.69. The van der Waals surface area contributed by atoms with E-state index in [1.165, 1.54) is 89.7 Å². The van der Waals surface area contributed by atoms with Crippen LogP contribution in [0.4, 0.5) is 0 Å². The molecule has 8 heteroatoms. The quantitative estimate of drug-likeness (QED) is 0.130. The normalized spacial score (nSPS) is 19.9. The molecule has 0 N–H and O–H groups in total. The average Bonchev–Trinajstić information content (AvgIpc) is 4.07. The molecule has 4 aromatic heterocycles. The number of ketones is 4. The van der Waals surface area contributed by atoms with Gasteiger partial charge in [-0.1, -0.05) is 87.1 Å². The molecular weight excluding hydrogens is 745 g/mol. The minimum absolute atomic E-state index is 0.0501. The highest BCUT2D eigenvalue weighted by molar-refractivity contribution is 7.34. The molecule has 264 valence electrons. The van der Waals surface area contributed by atoms with Crippen LogP contribution in [0.15, 0.2) is 71.8 Å². The van der Waals surface area contributed by atoms with Crippen molar-refractivity contribution in [2.75, 3.05) is 0 Å². The van der Waals surface area contributed by atoms with Crippen LogP contribution < -0.4 is 0 Å². The van der Waals surface area contributed by atoms with Crippen LogP contribution in [0.3, 0.4) is 0 Å². The van der Waals surface area contributed by atoms with Gasteiger partial charge in [-0.3, -0.25) is 19.2 Å². The van der Waals surface area contributed by atoms with Gasteiger partial charge >= 0.3 is 0 Å². The molecule has 2 saturated carbocycles. The van der Waals surface area contributed by atoms with Crippen molar-refractivity contribution < 1.29 is 19.2 Å². The number of benzene rings is 2. The van der Waals surface area contributed by atoms with Crippen LogP contribution in [0.1, 0.15) is 138 Å². The van der Waals surface area contributed by atoms with Crippen molar-refractivity contribution >= 4 is 90.0 Å². The predicted molar refractivity (Wildman–Crippen MR) is 220 cm³/mol. The second-order valence-corrected chi connectivity index (χ2v) is 20.1. The molecule has 0 saturated heterocycles. The maximum absolute atomic E-state index is 13.4. The van der Waals surface area contributed by atoms with Crippen molar-refractivity contribution in [3.05, 3.63) is 126 Å². The number of carbonyl (C=O) groups is 4. The summed E-state index contributed by atoms with van der Waals surface area (Å²) in [5.74, 6) is -0.665. The van der Waals surface area contributed by atoms with Gasteiger partial charge in [0.05, 0.1) is 30.3 Å². The number of allylic oxidation sites excluding steroid dienone is 2. The van der Waals surface area contributed by atoms with Gasteiger partial charge in [0.25, 0.3) is 0 Å². The summed E-state index contributed by atoms with van der Waals surface area (Å²) in [5.41, 5.74) is 8.38. The molecule has 2 aromatic carbocycles. The van der Waals surface area contributed by atoms with E-state index in [9.17, 15) is 19.2 Å². The first kappa shape index (κ1) is 32.0. The number of fused-ring (bicyclic) bond motifs is 15. The minimum Gasteiger partial charge on any atom is -0.288 e. The second kappa shape index (κ2) is 11.1. The van der Waals surface area contributed by atoms with Crippen LogP contribution in [0, 0.1) is 0 Å². The fourth-order valence-electron chi connectivity index (χ4n) is 10.8. The molecule has 12 rings (SSSR count). The molecule has 0 unspecified atom stereocenters. The van der Waals surface area contributed by atoms with Gasteiger partial charge in [-0.25, -0.2) is 0 Å². The summed E-state index contributed by atoms with van der Waals surface area (Å²) in [4.78, 5) is 60.9. The Morgan fingerprint density at radius 3 is 1.15 bits per heavy atom. The van der Waals surface area contributed by atoms with E-state index in [4.69, 9.17) is 0 Å². The van der Waals surface area contributed by atoms with Crippen LogP contribution in [-0.4, -0.2) is 23.1 Å². The van der Waals surface area contributed by atoms with Gasteiger partial charge in [-0.05, 0) is 61.1 Å². The van der Waals surface area contributed by atoms with Crippen LogP contribution in [0.25, 0.3) is 41.1 Å². The summed E-state index contributed by atoms with van der Waals surface area (Å²) >= 11 is 7.50. The molecule has 6 aromatic rings. The van der Waals surface area contributed by atoms with E-state index < -0.39 is 0 Å². The minimum atomic E-state index is -0.166. The topological polar surface area (TPSA) is 68.3 Å². The van der Waals surface area contributed by atoms with Crippen molar-refractivity contribution in [1.29, 1.82) is 0 Å². The molecule has 0 amide bonds. The van der Waals surface area contributed by atoms with Gasteiger partial charge in [-0.15, -0.1) is 45.3 Å². The first-order valence-corrected chi connectivity index (χ1v) is 22.3. The zero-order valence-electron chi connectivity index (χ0n) is 29.3. The molecule has 0 radical (unpaired) electrons. The average molecular weight is 777 g/mol. The van der Waals surface area contributed by atoms with Crippen molar-refractivity contribution in [1.82, 2.24) is 0 Å². The number of Topliss-reactive ketones (excluding diaryl/α,β-unsaturated/α-hetero) is 4. The van der Waals surface area contributed by atoms with Crippen LogP contribution >= 0.6 is 45.3 Å². The Morgan fingerprint density at radius 1 is 0.444 bits per heavy atom. The largest absolute Gasteiger partial charge is 0.288 e. The standard InChI is InChI=1S/C46H32O4S4/c47-35-25-11-3-4-12-26(25)36(48)29(35)19-23-21-31-39(51-23)41-33(45(31)15-7-1-8-16-45)43-44(53-41)34-42(54-43)40-32(46(34)17-9-2-10-18-46)22-24(52-40)20-30-37(49)27-13-5-6-14-28(27)38(30)50/h3-6,11-14,19-22H,1-2,7-10,15-18H2. The van der Waals surface area contributed by atoms with E-state index in [2.05, 4.69) is 12.1 Å². The molecule has 2 spiro atoms. The van der Waals surface area contributed by atoms with Gasteiger partial charge in [0.2, 0.25) is 0 Å². The lowest BCUT2D eigenvalue weighted by Gasteiger charge is -2.35. The maximum Gasteiger partial charge on any atom is 0.197 e. The second-order valence-electron chi connectivity index (χ2n) is 15.9. The predicted octanol–water partition coefficient (Wildman–Crippen LogP) is 12.5. The molecule has 6 aliphatic carbocycles. The maximum atomic E-state index is 13.4. The van der Waals surface area contributed by atoms with E-state index in [0.717, 1.165) is 35.4 Å². The Morgan fingerprint density at radius 2 is 0.796 bits per heavy atom. The highest BCUT2D eigenvalue weighted by atomic mass is 32.1. The molecular formula is C46H32O4S4. The number of hydrogen-bond acceptors (Lipinski definition) is 8. The summed E-state index contributed by atoms with van der Waals surface area (Å²) in [6.45, 7) is 0. The SMILES string of the molecule is O=C1C(=Cc2cc3c(s2)-c2sc4c5c(sc4c2C32CCCCC2)-c2sc(C=C3C(=O)c4ccccc4C3=O)cc2C52CCCCC2)C(=O)c2ccccc21. The lowest BCUT2D eigenvalue weighted by Crippen LogP contribution is -2.28. The van der Waals surface area contributed by atoms with Gasteiger partial charge < -0.3 is 0 Å². The summed E-state index contributed by atoms with van der Waals surface area (Å²) in [6.07, 6.45) is 15.5. The van der Waals surface area contributed by atoms with Crippen molar-refractivity contribution in [2.24, 2.45) is 0 Å². The van der Waals surface area contributed by atoms with Gasteiger partial charge in [0, 0.05) is 63.7 Å². The number of carbonyl (C=O) groups excluding carboxylic acids is 4. The van der Waals surface area contributed by atoms with Gasteiger partial charge in [-0.2, -0.15) is 0 Å². The number of rotatable bonds is 2. The molecule has 4 nitrogen and oxygen atoms in total. The van der Waals surface area contributed by atoms with E-state index in [-0.39, 0.29) is 45.1 Å². The van der Waals surface area contributed by atoms with E-state index in [0.29, 0.717) is 22.3 Å². The Bertz CT molecular complexity index is 2550. The smallest absolute Gasteiger partial charge is 0.197 e. The summed E-state index contributed by atoms with van der Waals surface area (Å²) in [7, 11) is 0. The van der Waals surface area contributed by atoms with Crippen molar-refractivity contribution in [2.45, 2.75) is 75.0 Å². The lowest BCUT2D eigenvalue weighted by atomic mass is 9.67. The molecule has 6 aliphatic rings. The number of hydrogen-bond donors (Lipinski definition) is 0. The molecule has 54 heavy (non-hydrogen) atoms. The Hall–Kier alpha value is -4.34. The third-order valence-corrected chi connectivity index (χ3v) is 18.3. The zero-order chi connectivity index (χ0) is 36.1. The first-order chi connectivity index (χ1) is 26.4. The summed E-state index contributed by atoms with van der Waals surface area (Å²) in [6, 6.07) is 19.0. The van der Waals surface area contributed by atoms with E-state index in [1.807, 2.05) is 59.1 Å². The molecule has 0 atom stereocenters. The Balaban J connectivity index is 1.01. The van der Waals surface area contributed by atoms with Gasteiger partial charge in [0.1, 0.15) is 0 Å². The molecule has 4 heterocycles. The first-order valence-electron chi connectivity index (χ1n) is 19.1. The fourth-order valence-corrected chi connectivity index (χ4v) is 16.8. The Labute approximate surface area is 327 Å². The summed E-state index contributed by atoms with van der Waals surface area (Å²) < 4.78 is 2.92. The van der Waals surface area contributed by atoms with E-state index in [1.54, 1.807) is 46.9 Å². The van der Waals surface area contributed by atoms with Crippen molar-refractivity contribution in [3.8, 4) is 19.5 Å². The number of thiophene rings is 4. The van der Waals surface area contributed by atoms with Crippen LogP contribution in [0.5, 0.6) is 0 Å². The van der Waals surface area contributed by atoms with Crippen LogP contribution in [0.2, 0.25) is 0 Å². The fraction of sp³-hybridized carbons (Fsp3) is 0.261. The lowest BCUT2D eigenvalue weighted by molar-refractivity contribution is 0.0975. The Kier molecular flexibility index (Phi) is 6.59.